The van der Waals surface area contributed by atoms with Crippen LogP contribution in [0.25, 0.3) is 10.9 Å². The zero-order chi connectivity index (χ0) is 14.7. The van der Waals surface area contributed by atoms with Gasteiger partial charge in [-0.2, -0.15) is 0 Å². The predicted molar refractivity (Wildman–Crippen MR) is 92.8 cm³/mol. The molecular weight excluding hydrogens is 394 g/mol. The maximum Gasteiger partial charge on any atom is 0.134 e. The highest BCUT2D eigenvalue weighted by Crippen LogP contribution is 2.28. The SMILES string of the molecule is BrCc1ccc(OCc2cccc3cccnc23)c(Br)c1. The predicted octanol–water partition coefficient (Wildman–Crippen LogP) is 5.47. The molecule has 0 saturated heterocycles. The van der Waals surface area contributed by atoms with Gasteiger partial charge in [0.05, 0.1) is 9.99 Å². The van der Waals surface area contributed by atoms with Crippen LogP contribution in [0.3, 0.4) is 0 Å². The van der Waals surface area contributed by atoms with Crippen LogP contribution in [0.4, 0.5) is 0 Å². The maximum absolute atomic E-state index is 5.93. The van der Waals surface area contributed by atoms with Gasteiger partial charge in [0.25, 0.3) is 0 Å². The van der Waals surface area contributed by atoms with Gasteiger partial charge in [0.15, 0.2) is 0 Å². The Kier molecular flexibility index (Phi) is 4.56. The number of nitrogens with zero attached hydrogens (tertiary/aromatic N) is 1. The number of benzene rings is 2. The van der Waals surface area contributed by atoms with Crippen molar-refractivity contribution in [2.75, 3.05) is 0 Å². The smallest absolute Gasteiger partial charge is 0.134 e. The molecule has 1 aromatic heterocycles. The first kappa shape index (κ1) is 14.5. The molecule has 106 valence electrons. The summed E-state index contributed by atoms with van der Waals surface area (Å²) in [5.74, 6) is 0.840. The summed E-state index contributed by atoms with van der Waals surface area (Å²) in [6.07, 6.45) is 1.81. The molecule has 0 radical (unpaired) electrons. The van der Waals surface area contributed by atoms with Crippen LogP contribution in [0.2, 0.25) is 0 Å². The molecular formula is C17H13Br2NO. The minimum absolute atomic E-state index is 0.501. The van der Waals surface area contributed by atoms with Crippen LogP contribution in [0.5, 0.6) is 5.75 Å². The Labute approximate surface area is 140 Å². The third-order valence-electron chi connectivity index (χ3n) is 3.25. The van der Waals surface area contributed by atoms with Crippen molar-refractivity contribution in [2.45, 2.75) is 11.9 Å². The standard InChI is InChI=1S/C17H13Br2NO/c18-10-12-6-7-16(15(19)9-12)21-11-14-4-1-3-13-5-2-8-20-17(13)14/h1-9H,10-11H2. The summed E-state index contributed by atoms with van der Waals surface area (Å²) in [6, 6.07) is 16.3. The molecule has 0 N–H and O–H groups in total. The Hall–Kier alpha value is -1.39. The van der Waals surface area contributed by atoms with E-state index in [1.165, 1.54) is 5.56 Å². The van der Waals surface area contributed by atoms with Crippen molar-refractivity contribution >= 4 is 42.8 Å². The van der Waals surface area contributed by atoms with E-state index in [9.17, 15) is 0 Å². The van der Waals surface area contributed by atoms with Crippen LogP contribution in [-0.4, -0.2) is 4.98 Å². The second kappa shape index (κ2) is 6.58. The van der Waals surface area contributed by atoms with Gasteiger partial charge in [0.1, 0.15) is 12.4 Å². The molecule has 0 aliphatic rings. The van der Waals surface area contributed by atoms with Crippen molar-refractivity contribution < 1.29 is 4.74 Å². The number of ether oxygens (including phenoxy) is 1. The molecule has 1 heterocycles. The van der Waals surface area contributed by atoms with Crippen LogP contribution >= 0.6 is 31.9 Å². The molecule has 0 aliphatic heterocycles. The highest BCUT2D eigenvalue weighted by atomic mass is 79.9. The van der Waals surface area contributed by atoms with E-state index in [1.807, 2.05) is 24.4 Å². The largest absolute Gasteiger partial charge is 0.488 e. The van der Waals surface area contributed by atoms with Crippen molar-refractivity contribution in [2.24, 2.45) is 0 Å². The zero-order valence-corrected chi connectivity index (χ0v) is 14.4. The Morgan fingerprint density at radius 2 is 1.90 bits per heavy atom. The monoisotopic (exact) mass is 405 g/mol. The quantitative estimate of drug-likeness (QED) is 0.536. The summed E-state index contributed by atoms with van der Waals surface area (Å²) in [6.45, 7) is 0.501. The molecule has 4 heteroatoms. The first-order chi connectivity index (χ1) is 10.3. The Morgan fingerprint density at radius 1 is 1.05 bits per heavy atom. The third kappa shape index (κ3) is 3.27. The average molecular weight is 407 g/mol. The van der Waals surface area contributed by atoms with Gasteiger partial charge >= 0.3 is 0 Å². The molecule has 0 spiro atoms. The van der Waals surface area contributed by atoms with E-state index < -0.39 is 0 Å². The number of halogens is 2. The van der Waals surface area contributed by atoms with E-state index in [0.29, 0.717) is 6.61 Å². The van der Waals surface area contributed by atoms with Crippen LogP contribution in [0.15, 0.2) is 59.2 Å². The lowest BCUT2D eigenvalue weighted by molar-refractivity contribution is 0.305. The molecule has 0 atom stereocenters. The van der Waals surface area contributed by atoms with Gasteiger partial charge in [-0.3, -0.25) is 4.98 Å². The van der Waals surface area contributed by atoms with E-state index in [4.69, 9.17) is 4.74 Å². The lowest BCUT2D eigenvalue weighted by atomic mass is 10.1. The van der Waals surface area contributed by atoms with Gasteiger partial charge in [-0.1, -0.05) is 46.3 Å². The molecule has 0 unspecified atom stereocenters. The summed E-state index contributed by atoms with van der Waals surface area (Å²) in [7, 11) is 0. The van der Waals surface area contributed by atoms with E-state index in [-0.39, 0.29) is 0 Å². The van der Waals surface area contributed by atoms with Crippen LogP contribution in [0.1, 0.15) is 11.1 Å². The summed E-state index contributed by atoms with van der Waals surface area (Å²) >= 11 is 7.00. The van der Waals surface area contributed by atoms with Gasteiger partial charge in [0, 0.05) is 22.5 Å². The van der Waals surface area contributed by atoms with Crippen molar-refractivity contribution in [3.63, 3.8) is 0 Å². The van der Waals surface area contributed by atoms with Crippen molar-refractivity contribution in [3.05, 3.63) is 70.3 Å². The Balaban J connectivity index is 1.84. The van der Waals surface area contributed by atoms with Gasteiger partial charge < -0.3 is 4.74 Å². The second-order valence-corrected chi connectivity index (χ2v) is 6.09. The fourth-order valence-corrected chi connectivity index (χ4v) is 3.07. The number of fused-ring (bicyclic) bond motifs is 1. The van der Waals surface area contributed by atoms with Crippen LogP contribution < -0.4 is 4.74 Å². The molecule has 0 fully saturated rings. The van der Waals surface area contributed by atoms with Crippen molar-refractivity contribution in [1.82, 2.24) is 4.98 Å². The molecule has 2 nitrogen and oxygen atoms in total. The summed E-state index contributed by atoms with van der Waals surface area (Å²) in [4.78, 5) is 4.45. The van der Waals surface area contributed by atoms with Gasteiger partial charge in [-0.15, -0.1) is 0 Å². The summed E-state index contributed by atoms with van der Waals surface area (Å²) in [5, 5.41) is 1.96. The molecule has 3 rings (SSSR count). The van der Waals surface area contributed by atoms with Gasteiger partial charge in [-0.25, -0.2) is 0 Å². The highest BCUT2D eigenvalue weighted by Gasteiger charge is 2.06. The fourth-order valence-electron chi connectivity index (χ4n) is 2.18. The van der Waals surface area contributed by atoms with Gasteiger partial charge in [-0.05, 0) is 39.7 Å². The first-order valence-electron chi connectivity index (χ1n) is 6.58. The topological polar surface area (TPSA) is 22.1 Å². The molecule has 2 aromatic carbocycles. The molecule has 0 amide bonds. The minimum atomic E-state index is 0.501. The van der Waals surface area contributed by atoms with Crippen molar-refractivity contribution in [1.29, 1.82) is 0 Å². The number of rotatable bonds is 4. The number of hydrogen-bond acceptors (Lipinski definition) is 2. The van der Waals surface area contributed by atoms with Gasteiger partial charge in [0.2, 0.25) is 0 Å². The molecule has 0 bridgehead atoms. The number of alkyl halides is 1. The molecule has 0 aliphatic carbocycles. The average Bonchev–Trinajstić information content (AvgIpc) is 2.53. The van der Waals surface area contributed by atoms with E-state index in [1.54, 1.807) is 0 Å². The molecule has 3 aromatic rings. The van der Waals surface area contributed by atoms with E-state index >= 15 is 0 Å². The fraction of sp³-hybridized carbons (Fsp3) is 0.118. The molecule has 0 saturated carbocycles. The lowest BCUT2D eigenvalue weighted by Gasteiger charge is -2.10. The lowest BCUT2D eigenvalue weighted by Crippen LogP contribution is -1.98. The number of hydrogen-bond donors (Lipinski definition) is 0. The van der Waals surface area contributed by atoms with Crippen LogP contribution in [-0.2, 0) is 11.9 Å². The highest BCUT2D eigenvalue weighted by molar-refractivity contribution is 9.10. The van der Waals surface area contributed by atoms with Crippen molar-refractivity contribution in [3.8, 4) is 5.75 Å². The maximum atomic E-state index is 5.93. The Morgan fingerprint density at radius 3 is 2.71 bits per heavy atom. The number of aromatic nitrogens is 1. The van der Waals surface area contributed by atoms with Crippen LogP contribution in [0, 0.1) is 0 Å². The summed E-state index contributed by atoms with van der Waals surface area (Å²) < 4.78 is 6.89. The Bertz CT molecular complexity index is 768. The molecule has 21 heavy (non-hydrogen) atoms. The first-order valence-corrected chi connectivity index (χ1v) is 8.49. The number of pyridine rings is 1. The summed E-state index contributed by atoms with van der Waals surface area (Å²) in [5.41, 5.74) is 3.29. The third-order valence-corrected chi connectivity index (χ3v) is 4.52. The minimum Gasteiger partial charge on any atom is -0.488 e. The zero-order valence-electron chi connectivity index (χ0n) is 11.2. The van der Waals surface area contributed by atoms with E-state index in [2.05, 4.69) is 67.2 Å². The second-order valence-electron chi connectivity index (χ2n) is 4.68. The number of para-hydroxylation sites is 1. The van der Waals surface area contributed by atoms with E-state index in [0.717, 1.165) is 32.0 Å². The normalized spacial score (nSPS) is 10.8.